The lowest BCUT2D eigenvalue weighted by Crippen LogP contribution is -2.23. The molecule has 0 bridgehead atoms. The van der Waals surface area contributed by atoms with Crippen LogP contribution in [-0.4, -0.2) is 44.0 Å². The number of ether oxygens (including phenoxy) is 1. The highest BCUT2D eigenvalue weighted by Crippen LogP contribution is 2.24. The summed E-state index contributed by atoms with van der Waals surface area (Å²) in [7, 11) is 3.94. The zero-order chi connectivity index (χ0) is 26.8. The molecule has 8 nitrogen and oxygen atoms in total. The minimum absolute atomic E-state index is 0.216. The molecule has 0 spiro atoms. The number of thiocarbonyl (C=S) groups is 1. The number of hydrazone groups is 1. The van der Waals surface area contributed by atoms with E-state index in [0.717, 1.165) is 29.1 Å². The van der Waals surface area contributed by atoms with Crippen molar-refractivity contribution < 1.29 is 17.9 Å². The van der Waals surface area contributed by atoms with Crippen LogP contribution >= 0.6 is 12.2 Å². The van der Waals surface area contributed by atoms with E-state index in [1.165, 1.54) is 18.5 Å². The minimum Gasteiger partial charge on any atom is -0.406 e. The molecule has 0 aromatic heterocycles. The van der Waals surface area contributed by atoms with E-state index >= 15 is 0 Å². The average Bonchev–Trinajstić information content (AvgIpc) is 2.85. The van der Waals surface area contributed by atoms with Gasteiger partial charge in [0.05, 0.1) is 11.9 Å². The number of hydrogen-bond acceptors (Lipinski definition) is 5. The number of nitrogens with two attached hydrogens (primary N) is 1. The van der Waals surface area contributed by atoms with E-state index in [1.807, 2.05) is 43.3 Å². The number of anilines is 2. The number of nitrogens with zero attached hydrogens (tertiary/aromatic N) is 4. The number of rotatable bonds is 8. The number of nitrogens with one attached hydrogen (secondary N) is 2. The van der Waals surface area contributed by atoms with Gasteiger partial charge in [-0.25, -0.2) is 9.98 Å². The van der Waals surface area contributed by atoms with E-state index in [2.05, 4.69) is 30.6 Å². The predicted molar refractivity (Wildman–Crippen MR) is 146 cm³/mol. The number of amidine groups is 1. The Balaban J connectivity index is 1.49. The van der Waals surface area contributed by atoms with Crippen molar-refractivity contribution in [3.05, 3.63) is 83.9 Å². The lowest BCUT2D eigenvalue weighted by molar-refractivity contribution is -0.274. The molecule has 3 aromatic rings. The van der Waals surface area contributed by atoms with Gasteiger partial charge >= 0.3 is 6.36 Å². The minimum atomic E-state index is -4.75. The Bertz CT molecular complexity index is 1270. The lowest BCUT2D eigenvalue weighted by atomic mass is 10.1. The largest absolute Gasteiger partial charge is 0.573 e. The van der Waals surface area contributed by atoms with Crippen LogP contribution in [0.4, 0.5) is 30.2 Å². The maximum atomic E-state index is 12.2. The molecule has 3 aromatic carbocycles. The first-order valence-electron chi connectivity index (χ1n) is 10.8. The van der Waals surface area contributed by atoms with Gasteiger partial charge in [0.25, 0.3) is 0 Å². The molecule has 0 unspecified atom stereocenters. The molecule has 0 fully saturated rings. The van der Waals surface area contributed by atoms with Gasteiger partial charge in [0.2, 0.25) is 0 Å². The topological polar surface area (TPSA) is 99.6 Å². The molecular weight excluding hydrogens is 503 g/mol. The van der Waals surface area contributed by atoms with Gasteiger partial charge in [-0.1, -0.05) is 24.3 Å². The number of hydrogen-bond donors (Lipinski definition) is 3. The highest BCUT2D eigenvalue weighted by molar-refractivity contribution is 7.80. The second-order valence-electron chi connectivity index (χ2n) is 7.69. The van der Waals surface area contributed by atoms with Crippen molar-refractivity contribution in [2.24, 2.45) is 20.8 Å². The summed E-state index contributed by atoms with van der Waals surface area (Å²) >= 11 is 5.25. The summed E-state index contributed by atoms with van der Waals surface area (Å²) < 4.78 is 40.5. The van der Waals surface area contributed by atoms with Crippen LogP contribution in [0, 0.1) is 0 Å². The summed E-state index contributed by atoms with van der Waals surface area (Å²) in [5.74, 6) is -0.116. The highest BCUT2D eigenvalue weighted by Gasteiger charge is 2.30. The van der Waals surface area contributed by atoms with Crippen LogP contribution < -0.4 is 26.1 Å². The summed E-state index contributed by atoms with van der Waals surface area (Å²) in [6.07, 6.45) is -1.92. The van der Waals surface area contributed by atoms with E-state index in [9.17, 15) is 13.2 Å². The SMILES string of the molecule is CN(C)c1ccc(NC(=S)N/N=C/c2ccc(C(N)=NC=Nc3ccc(OC(F)(F)F)cc3)cc2)cc1. The molecule has 0 radical (unpaired) electrons. The smallest absolute Gasteiger partial charge is 0.406 e. The van der Waals surface area contributed by atoms with Crippen LogP contribution in [0.5, 0.6) is 5.75 Å². The first-order chi connectivity index (χ1) is 17.6. The lowest BCUT2D eigenvalue weighted by Gasteiger charge is -2.13. The molecule has 0 saturated carbocycles. The second kappa shape index (κ2) is 12.5. The molecule has 3 rings (SSSR count). The van der Waals surface area contributed by atoms with Crippen LogP contribution in [0.1, 0.15) is 11.1 Å². The van der Waals surface area contributed by atoms with Gasteiger partial charge in [-0.15, -0.1) is 13.2 Å². The summed E-state index contributed by atoms with van der Waals surface area (Å²) in [5.41, 5.74) is 12.5. The van der Waals surface area contributed by atoms with Crippen LogP contribution in [0.25, 0.3) is 0 Å². The van der Waals surface area contributed by atoms with Gasteiger partial charge < -0.3 is 20.7 Å². The first kappa shape index (κ1) is 27.1. The highest BCUT2D eigenvalue weighted by atomic mass is 32.1. The Kier molecular flexibility index (Phi) is 9.16. The van der Waals surface area contributed by atoms with Gasteiger partial charge in [-0.05, 0) is 66.3 Å². The monoisotopic (exact) mass is 527 g/mol. The Morgan fingerprint density at radius 1 is 0.973 bits per heavy atom. The van der Waals surface area contributed by atoms with E-state index < -0.39 is 6.36 Å². The van der Waals surface area contributed by atoms with Crippen molar-refractivity contribution in [2.75, 3.05) is 24.3 Å². The fourth-order valence-corrected chi connectivity index (χ4v) is 3.04. The molecule has 4 N–H and O–H groups in total. The van der Waals surface area contributed by atoms with Crippen LogP contribution in [0.3, 0.4) is 0 Å². The predicted octanol–water partition coefficient (Wildman–Crippen LogP) is 5.04. The number of benzene rings is 3. The fourth-order valence-electron chi connectivity index (χ4n) is 2.87. The van der Waals surface area contributed by atoms with Gasteiger partial charge in [-0.3, -0.25) is 5.43 Å². The molecule has 0 amide bonds. The fraction of sp³-hybridized carbons (Fsp3) is 0.120. The molecule has 12 heteroatoms. The van der Waals surface area contributed by atoms with Gasteiger partial charge in [0, 0.05) is 31.0 Å². The van der Waals surface area contributed by atoms with E-state index in [4.69, 9.17) is 18.0 Å². The zero-order valence-electron chi connectivity index (χ0n) is 19.9. The Morgan fingerprint density at radius 2 is 1.62 bits per heavy atom. The van der Waals surface area contributed by atoms with Crippen molar-refractivity contribution in [1.82, 2.24) is 5.43 Å². The van der Waals surface area contributed by atoms with Gasteiger partial charge in [0.15, 0.2) is 5.11 Å². The standard InChI is InChI=1S/C25H24F3N7OS/c1-35(2)21-11-7-20(8-12-21)33-24(37)34-32-15-17-3-5-18(6-4-17)23(29)31-16-30-19-9-13-22(14-10-19)36-25(26,27)28/h3-16H,1-2H3,(H2,29,30,31)(H2,33,34,37)/b32-15+. The molecule has 37 heavy (non-hydrogen) atoms. The molecule has 192 valence electrons. The maximum absolute atomic E-state index is 12.2. The Hall–Kier alpha value is -4.45. The normalized spacial score (nSPS) is 12.1. The van der Waals surface area contributed by atoms with Gasteiger partial charge in [0.1, 0.15) is 17.9 Å². The van der Waals surface area contributed by atoms with Gasteiger partial charge in [-0.2, -0.15) is 5.10 Å². The Labute approximate surface area is 217 Å². The third-order valence-electron chi connectivity index (χ3n) is 4.70. The molecule has 0 heterocycles. The molecule has 0 atom stereocenters. The second-order valence-corrected chi connectivity index (χ2v) is 8.10. The summed E-state index contributed by atoms with van der Waals surface area (Å²) in [6, 6.07) is 20.0. The third-order valence-corrected chi connectivity index (χ3v) is 4.90. The molecular formula is C25H24F3N7OS. The van der Waals surface area contributed by atoms with E-state index in [0.29, 0.717) is 16.4 Å². The van der Waals surface area contributed by atoms with Crippen molar-refractivity contribution in [3.63, 3.8) is 0 Å². The number of aliphatic imine (C=N–C) groups is 2. The van der Waals surface area contributed by atoms with Crippen molar-refractivity contribution >= 4 is 52.8 Å². The van der Waals surface area contributed by atoms with Crippen LogP contribution in [0.2, 0.25) is 0 Å². The number of alkyl halides is 3. The average molecular weight is 528 g/mol. The van der Waals surface area contributed by atoms with Crippen LogP contribution in [0.15, 0.2) is 87.9 Å². The first-order valence-corrected chi connectivity index (χ1v) is 11.2. The quantitative estimate of drug-likeness (QED) is 0.164. The van der Waals surface area contributed by atoms with E-state index in [1.54, 1.807) is 30.5 Å². The van der Waals surface area contributed by atoms with Crippen LogP contribution in [-0.2, 0) is 0 Å². The molecule has 0 aliphatic rings. The summed E-state index contributed by atoms with van der Waals surface area (Å²) in [4.78, 5) is 10.1. The Morgan fingerprint density at radius 3 is 2.22 bits per heavy atom. The van der Waals surface area contributed by atoms with Crippen molar-refractivity contribution in [3.8, 4) is 5.75 Å². The van der Waals surface area contributed by atoms with Crippen molar-refractivity contribution in [1.29, 1.82) is 0 Å². The number of halogens is 3. The molecule has 0 saturated heterocycles. The molecule has 0 aliphatic carbocycles. The van der Waals surface area contributed by atoms with Crippen molar-refractivity contribution in [2.45, 2.75) is 6.36 Å². The summed E-state index contributed by atoms with van der Waals surface area (Å²) in [6.45, 7) is 0. The molecule has 0 aliphatic heterocycles. The maximum Gasteiger partial charge on any atom is 0.573 e. The third kappa shape index (κ3) is 9.26. The summed E-state index contributed by atoms with van der Waals surface area (Å²) in [5, 5.41) is 7.53. The zero-order valence-corrected chi connectivity index (χ0v) is 20.7. The van der Waals surface area contributed by atoms with E-state index in [-0.39, 0.29) is 11.6 Å².